The number of likely N-dealkylation sites (N-methyl/N-ethyl adjacent to an activating group) is 1. The van der Waals surface area contributed by atoms with Gasteiger partial charge in [0.25, 0.3) is 5.91 Å². The van der Waals surface area contributed by atoms with Crippen molar-refractivity contribution in [3.05, 3.63) is 23.3 Å². The number of carbonyl (C=O) groups excluding carboxylic acids is 1. The van der Waals surface area contributed by atoms with Gasteiger partial charge in [-0.05, 0) is 39.7 Å². The molecule has 2 saturated heterocycles. The number of likely N-dealkylation sites (tertiary alicyclic amines) is 1. The molecule has 0 radical (unpaired) electrons. The number of nitrogens with zero attached hydrogens (tertiary/aromatic N) is 5. The molecule has 2 aliphatic heterocycles. The van der Waals surface area contributed by atoms with Gasteiger partial charge in [-0.25, -0.2) is 9.97 Å². The summed E-state index contributed by atoms with van der Waals surface area (Å²) in [4.78, 5) is 39.4. The summed E-state index contributed by atoms with van der Waals surface area (Å²) in [7, 11) is 2.13. The van der Waals surface area contributed by atoms with Crippen LogP contribution in [-0.4, -0.2) is 94.0 Å². The van der Waals surface area contributed by atoms with Crippen molar-refractivity contribution >= 4 is 11.9 Å². The van der Waals surface area contributed by atoms with Crippen LogP contribution in [-0.2, 0) is 4.79 Å². The fraction of sp³-hybridized carbons (Fsp3) is 0.700. The van der Waals surface area contributed by atoms with Crippen LogP contribution < -0.4 is 0 Å². The van der Waals surface area contributed by atoms with Crippen LogP contribution in [0.25, 0.3) is 0 Å². The number of hydrogen-bond donors (Lipinski definition) is 1. The van der Waals surface area contributed by atoms with E-state index in [0.29, 0.717) is 42.6 Å². The van der Waals surface area contributed by atoms with Crippen molar-refractivity contribution in [2.45, 2.75) is 39.2 Å². The first kappa shape index (κ1) is 20.7. The summed E-state index contributed by atoms with van der Waals surface area (Å²) < 4.78 is 0. The highest BCUT2D eigenvalue weighted by molar-refractivity contribution is 5.95. The molecule has 2 aliphatic rings. The zero-order chi connectivity index (χ0) is 20.3. The van der Waals surface area contributed by atoms with E-state index < -0.39 is 5.97 Å². The van der Waals surface area contributed by atoms with Crippen molar-refractivity contribution in [1.82, 2.24) is 24.7 Å². The van der Waals surface area contributed by atoms with Gasteiger partial charge in [0.05, 0.1) is 11.3 Å². The second-order valence-corrected chi connectivity index (χ2v) is 8.06. The Morgan fingerprint density at radius 1 is 1.18 bits per heavy atom. The monoisotopic (exact) mass is 389 g/mol. The molecule has 2 fully saturated rings. The molecule has 1 amide bonds. The summed E-state index contributed by atoms with van der Waals surface area (Å²) in [5, 5.41) is 9.17. The predicted molar refractivity (Wildman–Crippen MR) is 105 cm³/mol. The predicted octanol–water partition coefficient (Wildman–Crippen LogP) is 1.04. The van der Waals surface area contributed by atoms with E-state index in [1.165, 1.54) is 0 Å². The minimum Gasteiger partial charge on any atom is -0.481 e. The van der Waals surface area contributed by atoms with Crippen molar-refractivity contribution in [2.75, 3.05) is 46.3 Å². The summed E-state index contributed by atoms with van der Waals surface area (Å²) in [6.45, 7) is 9.00. The van der Waals surface area contributed by atoms with Gasteiger partial charge < -0.3 is 14.9 Å². The first-order valence-corrected chi connectivity index (χ1v) is 10.1. The van der Waals surface area contributed by atoms with E-state index in [9.17, 15) is 14.7 Å². The molecule has 1 N–H and O–H groups in total. The Bertz CT molecular complexity index is 718. The molecule has 0 aromatic carbocycles. The van der Waals surface area contributed by atoms with Gasteiger partial charge in [0.2, 0.25) is 0 Å². The summed E-state index contributed by atoms with van der Waals surface area (Å²) in [5.74, 6) is 0.00375. The van der Waals surface area contributed by atoms with Gasteiger partial charge in [0.1, 0.15) is 5.82 Å². The Morgan fingerprint density at radius 2 is 1.89 bits per heavy atom. The van der Waals surface area contributed by atoms with Gasteiger partial charge in [-0.15, -0.1) is 0 Å². The van der Waals surface area contributed by atoms with Crippen molar-refractivity contribution < 1.29 is 14.7 Å². The molecule has 3 heterocycles. The number of piperazine rings is 1. The van der Waals surface area contributed by atoms with Crippen LogP contribution in [0.2, 0.25) is 0 Å². The Balaban J connectivity index is 1.72. The Hall–Kier alpha value is -2.06. The van der Waals surface area contributed by atoms with Crippen LogP contribution in [0.15, 0.2) is 6.20 Å². The zero-order valence-electron chi connectivity index (χ0n) is 17.1. The van der Waals surface area contributed by atoms with Gasteiger partial charge in [-0.1, -0.05) is 0 Å². The van der Waals surface area contributed by atoms with Gasteiger partial charge in [-0.2, -0.15) is 0 Å². The normalized spacial score (nSPS) is 24.3. The molecule has 0 aliphatic carbocycles. The average Bonchev–Trinajstić information content (AvgIpc) is 2.66. The lowest BCUT2D eigenvalue weighted by Gasteiger charge is -2.46. The van der Waals surface area contributed by atoms with E-state index in [1.807, 2.05) is 18.7 Å². The van der Waals surface area contributed by atoms with E-state index in [2.05, 4.69) is 26.8 Å². The molecule has 1 aromatic rings. The maximum atomic E-state index is 13.1. The van der Waals surface area contributed by atoms with Crippen molar-refractivity contribution in [2.24, 2.45) is 5.92 Å². The summed E-state index contributed by atoms with van der Waals surface area (Å²) in [6, 6.07) is 0.340. The first-order valence-electron chi connectivity index (χ1n) is 10.1. The van der Waals surface area contributed by atoms with Crippen LogP contribution in [0.4, 0.5) is 0 Å². The summed E-state index contributed by atoms with van der Waals surface area (Å²) in [5.41, 5.74) is 1.24. The quantitative estimate of drug-likeness (QED) is 0.805. The molecule has 0 unspecified atom stereocenters. The number of hydrogen-bond acceptors (Lipinski definition) is 6. The van der Waals surface area contributed by atoms with Crippen LogP contribution in [0, 0.1) is 19.8 Å². The number of carbonyl (C=O) groups is 2. The van der Waals surface area contributed by atoms with Gasteiger partial charge in [0.15, 0.2) is 0 Å². The number of carboxylic acids is 1. The van der Waals surface area contributed by atoms with Crippen LogP contribution in [0.3, 0.4) is 0 Å². The Labute approximate surface area is 166 Å². The van der Waals surface area contributed by atoms with E-state index in [1.54, 1.807) is 6.20 Å². The molecule has 2 atom stereocenters. The molecule has 8 heteroatoms. The Morgan fingerprint density at radius 3 is 2.54 bits per heavy atom. The van der Waals surface area contributed by atoms with E-state index in [4.69, 9.17) is 0 Å². The number of rotatable bonds is 5. The molecule has 0 bridgehead atoms. The molecule has 8 nitrogen and oxygen atoms in total. The first-order chi connectivity index (χ1) is 13.3. The maximum Gasteiger partial charge on any atom is 0.303 e. The van der Waals surface area contributed by atoms with E-state index in [0.717, 1.165) is 32.6 Å². The third-order valence-electron chi connectivity index (χ3n) is 6.05. The maximum absolute atomic E-state index is 13.1. The van der Waals surface area contributed by atoms with Crippen LogP contribution in [0.5, 0.6) is 0 Å². The summed E-state index contributed by atoms with van der Waals surface area (Å²) >= 11 is 0. The van der Waals surface area contributed by atoms with Crippen LogP contribution in [0.1, 0.15) is 41.1 Å². The second-order valence-electron chi connectivity index (χ2n) is 8.06. The SMILES string of the molecule is Cc1ncc(C(=O)N2CC[C@@H](N3CCN(C)CC3)[C@@H](CCC(=O)O)C2)c(C)n1. The molecule has 0 spiro atoms. The third-order valence-corrected chi connectivity index (χ3v) is 6.05. The lowest BCUT2D eigenvalue weighted by atomic mass is 9.86. The van der Waals surface area contributed by atoms with Gasteiger partial charge >= 0.3 is 5.97 Å². The highest BCUT2D eigenvalue weighted by atomic mass is 16.4. The Kier molecular flexibility index (Phi) is 6.61. The van der Waals surface area contributed by atoms with Crippen molar-refractivity contribution in [3.8, 4) is 0 Å². The minimum atomic E-state index is -0.775. The molecule has 0 saturated carbocycles. The van der Waals surface area contributed by atoms with Gasteiger partial charge in [0, 0.05) is 57.9 Å². The number of aliphatic carboxylic acids is 1. The fourth-order valence-electron chi connectivity index (χ4n) is 4.39. The molecule has 28 heavy (non-hydrogen) atoms. The number of aryl methyl sites for hydroxylation is 2. The van der Waals surface area contributed by atoms with Gasteiger partial charge in [-0.3, -0.25) is 14.5 Å². The smallest absolute Gasteiger partial charge is 0.303 e. The zero-order valence-corrected chi connectivity index (χ0v) is 17.1. The van der Waals surface area contributed by atoms with E-state index in [-0.39, 0.29) is 18.2 Å². The summed E-state index contributed by atoms with van der Waals surface area (Å²) in [6.07, 6.45) is 3.23. The lowest BCUT2D eigenvalue weighted by molar-refractivity contribution is -0.137. The topological polar surface area (TPSA) is 89.9 Å². The molecule has 3 rings (SSSR count). The molecule has 154 valence electrons. The number of aromatic nitrogens is 2. The minimum absolute atomic E-state index is 0.0466. The number of piperidine rings is 1. The average molecular weight is 390 g/mol. The molecular formula is C20H31N5O3. The standard InChI is InChI=1S/C20H31N5O3/c1-14-17(12-21-15(2)22-14)20(28)25-7-6-18(16(13-25)4-5-19(26)27)24-10-8-23(3)9-11-24/h12,16,18H,4-11,13H2,1-3H3,(H,26,27)/t16-,18+/m0/s1. The third kappa shape index (κ3) is 4.86. The highest BCUT2D eigenvalue weighted by Crippen LogP contribution is 2.28. The van der Waals surface area contributed by atoms with E-state index >= 15 is 0 Å². The second kappa shape index (κ2) is 8.96. The molecule has 1 aromatic heterocycles. The number of amides is 1. The largest absolute Gasteiger partial charge is 0.481 e. The van der Waals surface area contributed by atoms with Crippen molar-refractivity contribution in [1.29, 1.82) is 0 Å². The fourth-order valence-corrected chi connectivity index (χ4v) is 4.39. The number of carboxylic acid groups (broad SMARTS) is 1. The lowest BCUT2D eigenvalue weighted by Crippen LogP contribution is -2.57. The highest BCUT2D eigenvalue weighted by Gasteiger charge is 2.36. The van der Waals surface area contributed by atoms with Crippen molar-refractivity contribution in [3.63, 3.8) is 0 Å². The van der Waals surface area contributed by atoms with Crippen LogP contribution >= 0.6 is 0 Å². The molecular weight excluding hydrogens is 358 g/mol.